The molecule has 1 aromatic heterocycles. The molecule has 0 aliphatic carbocycles. The van der Waals surface area contributed by atoms with Crippen molar-refractivity contribution in [3.05, 3.63) is 69.9 Å². The first-order valence-corrected chi connectivity index (χ1v) is 7.19. The number of hydrogen-bond acceptors (Lipinski definition) is 3. The van der Waals surface area contributed by atoms with Crippen LogP contribution in [0, 0.1) is 6.92 Å². The number of nitrogens with two attached hydrogens (primary N) is 1. The zero-order chi connectivity index (χ0) is 14.1. The molecule has 3 aromatic rings. The Hall–Kier alpha value is -1.62. The molecule has 0 radical (unpaired) electrons. The summed E-state index contributed by atoms with van der Waals surface area (Å²) in [6, 6.07) is 15.9. The van der Waals surface area contributed by atoms with Gasteiger partial charge in [-0.1, -0.05) is 46.3 Å². The third-order valence-electron chi connectivity index (χ3n) is 3.52. The molecule has 0 aliphatic rings. The lowest BCUT2D eigenvalue weighted by atomic mass is 10.00. The average molecular weight is 331 g/mol. The lowest BCUT2D eigenvalue weighted by Gasteiger charge is -2.17. The lowest BCUT2D eigenvalue weighted by molar-refractivity contribution is 0.476. The predicted molar refractivity (Wildman–Crippen MR) is 84.3 cm³/mol. The molecule has 4 heteroatoms. The molecule has 1 unspecified atom stereocenters. The molecule has 0 amide bonds. The van der Waals surface area contributed by atoms with E-state index in [1.165, 1.54) is 0 Å². The molecule has 0 spiro atoms. The molecule has 0 fully saturated rings. The second kappa shape index (κ2) is 5.40. The van der Waals surface area contributed by atoms with Gasteiger partial charge >= 0.3 is 0 Å². The van der Waals surface area contributed by atoms with Gasteiger partial charge in [0.05, 0.1) is 0 Å². The maximum absolute atomic E-state index is 5.91. The highest BCUT2D eigenvalue weighted by Gasteiger charge is 2.19. The number of nitrogens with one attached hydrogen (secondary N) is 1. The van der Waals surface area contributed by atoms with Crippen molar-refractivity contribution in [3.8, 4) is 0 Å². The Bertz CT molecular complexity index is 718. The molecular weight excluding hydrogens is 316 g/mol. The summed E-state index contributed by atoms with van der Waals surface area (Å²) in [6.07, 6.45) is 0. The van der Waals surface area contributed by atoms with Crippen molar-refractivity contribution in [3.63, 3.8) is 0 Å². The summed E-state index contributed by atoms with van der Waals surface area (Å²) in [5.74, 6) is 6.57. The van der Waals surface area contributed by atoms with Gasteiger partial charge < -0.3 is 4.42 Å². The SMILES string of the molecule is Cc1c(Br)cccc1C(NN)c1cc2ccccc2o1. The van der Waals surface area contributed by atoms with Crippen molar-refractivity contribution in [2.45, 2.75) is 13.0 Å². The number of fused-ring (bicyclic) bond motifs is 1. The number of para-hydroxylation sites is 1. The second-order valence-electron chi connectivity index (χ2n) is 4.74. The third kappa shape index (κ3) is 2.26. The number of rotatable bonds is 3. The van der Waals surface area contributed by atoms with E-state index in [0.717, 1.165) is 32.3 Å². The molecular formula is C16H15BrN2O. The fourth-order valence-corrected chi connectivity index (χ4v) is 2.79. The maximum atomic E-state index is 5.91. The first-order valence-electron chi connectivity index (χ1n) is 6.40. The number of hydrogen-bond donors (Lipinski definition) is 2. The van der Waals surface area contributed by atoms with Crippen LogP contribution in [-0.2, 0) is 0 Å². The summed E-state index contributed by atoms with van der Waals surface area (Å²) >= 11 is 3.55. The molecule has 3 nitrogen and oxygen atoms in total. The van der Waals surface area contributed by atoms with Crippen LogP contribution in [0.25, 0.3) is 11.0 Å². The fraction of sp³-hybridized carbons (Fsp3) is 0.125. The van der Waals surface area contributed by atoms with Crippen LogP contribution in [0.1, 0.15) is 22.9 Å². The maximum Gasteiger partial charge on any atom is 0.134 e. The first-order chi connectivity index (χ1) is 9.70. The zero-order valence-electron chi connectivity index (χ0n) is 11.1. The molecule has 3 N–H and O–H groups in total. The van der Waals surface area contributed by atoms with E-state index >= 15 is 0 Å². The Morgan fingerprint density at radius 2 is 1.95 bits per heavy atom. The van der Waals surface area contributed by atoms with Gasteiger partial charge in [0, 0.05) is 9.86 Å². The van der Waals surface area contributed by atoms with Gasteiger partial charge in [-0.2, -0.15) is 0 Å². The van der Waals surface area contributed by atoms with Crippen molar-refractivity contribution in [1.29, 1.82) is 0 Å². The molecule has 1 heterocycles. The number of halogens is 1. The monoisotopic (exact) mass is 330 g/mol. The van der Waals surface area contributed by atoms with Crippen LogP contribution >= 0.6 is 15.9 Å². The standard InChI is InChI=1S/C16H15BrN2O/c1-10-12(6-4-7-13(10)17)16(19-18)15-9-11-5-2-3-8-14(11)20-15/h2-9,16,19H,18H2,1H3. The van der Waals surface area contributed by atoms with E-state index in [0.29, 0.717) is 0 Å². The van der Waals surface area contributed by atoms with Crippen LogP contribution in [0.15, 0.2) is 57.4 Å². The van der Waals surface area contributed by atoms with Crippen LogP contribution < -0.4 is 11.3 Å². The molecule has 0 saturated heterocycles. The normalized spacial score (nSPS) is 12.8. The highest BCUT2D eigenvalue weighted by molar-refractivity contribution is 9.10. The molecule has 20 heavy (non-hydrogen) atoms. The summed E-state index contributed by atoms with van der Waals surface area (Å²) in [7, 11) is 0. The van der Waals surface area contributed by atoms with Gasteiger partial charge in [0.2, 0.25) is 0 Å². The van der Waals surface area contributed by atoms with Gasteiger partial charge in [0.15, 0.2) is 0 Å². The van der Waals surface area contributed by atoms with Gasteiger partial charge in [-0.05, 0) is 36.2 Å². The minimum absolute atomic E-state index is 0.167. The lowest BCUT2D eigenvalue weighted by Crippen LogP contribution is -2.29. The molecule has 1 atom stereocenters. The first kappa shape index (κ1) is 13.4. The molecule has 3 rings (SSSR count). The number of benzene rings is 2. The van der Waals surface area contributed by atoms with E-state index in [2.05, 4.69) is 34.3 Å². The van der Waals surface area contributed by atoms with E-state index in [1.54, 1.807) is 0 Å². The molecule has 0 saturated carbocycles. The molecule has 0 bridgehead atoms. The number of hydrazine groups is 1. The highest BCUT2D eigenvalue weighted by atomic mass is 79.9. The van der Waals surface area contributed by atoms with Gasteiger partial charge in [-0.15, -0.1) is 0 Å². The summed E-state index contributed by atoms with van der Waals surface area (Å²) < 4.78 is 6.97. The Morgan fingerprint density at radius 3 is 2.70 bits per heavy atom. The van der Waals surface area contributed by atoms with Crippen molar-refractivity contribution in [2.75, 3.05) is 0 Å². The van der Waals surface area contributed by atoms with Crippen LogP contribution in [-0.4, -0.2) is 0 Å². The Labute approximate surface area is 125 Å². The zero-order valence-corrected chi connectivity index (χ0v) is 12.6. The van der Waals surface area contributed by atoms with Gasteiger partial charge in [0.1, 0.15) is 17.4 Å². The summed E-state index contributed by atoms with van der Waals surface area (Å²) in [4.78, 5) is 0. The highest BCUT2D eigenvalue weighted by Crippen LogP contribution is 2.31. The van der Waals surface area contributed by atoms with Crippen LogP contribution in [0.5, 0.6) is 0 Å². The van der Waals surface area contributed by atoms with Crippen molar-refractivity contribution in [1.82, 2.24) is 5.43 Å². The molecule has 2 aromatic carbocycles. The van der Waals surface area contributed by atoms with Crippen molar-refractivity contribution >= 4 is 26.9 Å². The van der Waals surface area contributed by atoms with Gasteiger partial charge in [-0.3, -0.25) is 5.84 Å². The second-order valence-corrected chi connectivity index (χ2v) is 5.59. The minimum Gasteiger partial charge on any atom is -0.459 e. The van der Waals surface area contributed by atoms with E-state index in [-0.39, 0.29) is 6.04 Å². The Morgan fingerprint density at radius 1 is 1.15 bits per heavy atom. The van der Waals surface area contributed by atoms with E-state index in [1.807, 2.05) is 42.5 Å². The third-order valence-corrected chi connectivity index (χ3v) is 4.38. The minimum atomic E-state index is -0.167. The summed E-state index contributed by atoms with van der Waals surface area (Å²) in [5.41, 5.74) is 5.97. The van der Waals surface area contributed by atoms with E-state index in [9.17, 15) is 0 Å². The quantitative estimate of drug-likeness (QED) is 0.562. The smallest absolute Gasteiger partial charge is 0.134 e. The van der Waals surface area contributed by atoms with Crippen molar-refractivity contribution in [2.24, 2.45) is 5.84 Å². The molecule has 102 valence electrons. The van der Waals surface area contributed by atoms with Crippen molar-refractivity contribution < 1.29 is 4.42 Å². The van der Waals surface area contributed by atoms with Gasteiger partial charge in [0.25, 0.3) is 0 Å². The number of furan rings is 1. The molecule has 0 aliphatic heterocycles. The largest absolute Gasteiger partial charge is 0.459 e. The topological polar surface area (TPSA) is 51.2 Å². The fourth-order valence-electron chi connectivity index (χ4n) is 2.41. The Kier molecular flexibility index (Phi) is 3.61. The summed E-state index contributed by atoms with van der Waals surface area (Å²) in [5, 5.41) is 1.08. The predicted octanol–water partition coefficient (Wildman–Crippen LogP) is 4.06. The Balaban J connectivity index is 2.11. The van der Waals surface area contributed by atoms with Crippen LogP contribution in [0.4, 0.5) is 0 Å². The van der Waals surface area contributed by atoms with Gasteiger partial charge in [-0.25, -0.2) is 5.43 Å². The van der Waals surface area contributed by atoms with Crippen LogP contribution in [0.3, 0.4) is 0 Å². The van der Waals surface area contributed by atoms with Crippen LogP contribution in [0.2, 0.25) is 0 Å². The van der Waals surface area contributed by atoms with E-state index in [4.69, 9.17) is 10.3 Å². The van der Waals surface area contributed by atoms with E-state index < -0.39 is 0 Å². The summed E-state index contributed by atoms with van der Waals surface area (Å²) in [6.45, 7) is 2.06. The average Bonchev–Trinajstić information content (AvgIpc) is 2.87.